The molecule has 1 heterocycles. The van der Waals surface area contributed by atoms with Gasteiger partial charge in [-0.15, -0.1) is 11.6 Å². The Hall–Kier alpha value is -1.72. The summed E-state index contributed by atoms with van der Waals surface area (Å²) >= 11 is 5.71. The number of aliphatic hydroxyl groups excluding tert-OH is 1. The number of fused-ring (bicyclic) bond motifs is 1. The van der Waals surface area contributed by atoms with E-state index in [2.05, 4.69) is 11.9 Å². The summed E-state index contributed by atoms with van der Waals surface area (Å²) in [6.07, 6.45) is 17.2. The second-order valence-electron chi connectivity index (χ2n) is 9.06. The van der Waals surface area contributed by atoms with Crippen molar-refractivity contribution in [2.45, 2.75) is 109 Å². The number of aliphatic hydroxyl groups is 1. The number of aromatic nitrogens is 2. The van der Waals surface area contributed by atoms with E-state index in [0.29, 0.717) is 17.3 Å². The van der Waals surface area contributed by atoms with Crippen LogP contribution < -0.4 is 5.56 Å². The van der Waals surface area contributed by atoms with Gasteiger partial charge in [0.1, 0.15) is 17.8 Å². The van der Waals surface area contributed by atoms with Crippen LogP contribution in [-0.4, -0.2) is 26.4 Å². The van der Waals surface area contributed by atoms with E-state index in [4.69, 9.17) is 11.6 Å². The maximum atomic E-state index is 12.8. The Morgan fingerprint density at radius 1 is 0.909 bits per heavy atom. The molecule has 0 fully saturated rings. The van der Waals surface area contributed by atoms with Crippen LogP contribution in [0.1, 0.15) is 120 Å². The van der Waals surface area contributed by atoms with Crippen LogP contribution in [0.15, 0.2) is 29.1 Å². The molecule has 0 saturated carbocycles. The lowest BCUT2D eigenvalue weighted by molar-refractivity contribution is 0.0899. The summed E-state index contributed by atoms with van der Waals surface area (Å²) in [5.41, 5.74) is 0.0115. The summed E-state index contributed by atoms with van der Waals surface area (Å²) in [5.74, 6) is -0.799. The van der Waals surface area contributed by atoms with E-state index in [1.807, 2.05) is 0 Å². The predicted molar refractivity (Wildman–Crippen MR) is 137 cm³/mol. The molecule has 1 unspecified atom stereocenters. The molecule has 1 atom stereocenters. The molecule has 0 radical (unpaired) electrons. The van der Waals surface area contributed by atoms with E-state index in [0.717, 1.165) is 23.8 Å². The summed E-state index contributed by atoms with van der Waals surface area (Å²) in [6, 6.07) is 6.86. The molecule has 0 saturated heterocycles. The van der Waals surface area contributed by atoms with Gasteiger partial charge in [-0.3, -0.25) is 9.59 Å². The minimum absolute atomic E-state index is 0.0963. The van der Waals surface area contributed by atoms with Crippen molar-refractivity contribution in [3.05, 3.63) is 40.4 Å². The van der Waals surface area contributed by atoms with Crippen molar-refractivity contribution in [3.63, 3.8) is 0 Å². The van der Waals surface area contributed by atoms with Gasteiger partial charge < -0.3 is 5.11 Å². The highest BCUT2D eigenvalue weighted by molar-refractivity contribution is 6.27. The molecule has 0 aliphatic heterocycles. The van der Waals surface area contributed by atoms with E-state index in [1.165, 1.54) is 70.6 Å². The number of hydrogen-bond acceptors (Lipinski definition) is 4. The molecule has 0 aliphatic rings. The molecule has 33 heavy (non-hydrogen) atoms. The largest absolute Gasteiger partial charge is 0.385 e. The molecule has 0 bridgehead atoms. The zero-order valence-corrected chi connectivity index (χ0v) is 21.0. The van der Waals surface area contributed by atoms with Crippen molar-refractivity contribution >= 4 is 28.4 Å². The van der Waals surface area contributed by atoms with Gasteiger partial charge >= 0.3 is 0 Å². The highest BCUT2D eigenvalue weighted by atomic mass is 35.5. The van der Waals surface area contributed by atoms with Gasteiger partial charge in [-0.25, -0.2) is 9.55 Å². The maximum absolute atomic E-state index is 12.8. The van der Waals surface area contributed by atoms with Crippen LogP contribution in [0.25, 0.3) is 10.9 Å². The third-order valence-corrected chi connectivity index (χ3v) is 6.52. The lowest BCUT2D eigenvalue weighted by Crippen LogP contribution is -2.33. The van der Waals surface area contributed by atoms with Crippen molar-refractivity contribution in [3.8, 4) is 0 Å². The maximum Gasteiger partial charge on any atom is 0.268 e. The molecule has 6 heteroatoms. The van der Waals surface area contributed by atoms with Crippen molar-refractivity contribution in [1.29, 1.82) is 0 Å². The zero-order valence-electron chi connectivity index (χ0n) is 20.2. The van der Waals surface area contributed by atoms with Gasteiger partial charge in [0.25, 0.3) is 5.56 Å². The fourth-order valence-electron chi connectivity index (χ4n) is 4.34. The molecule has 0 spiro atoms. The minimum atomic E-state index is -0.966. The molecular weight excluding hydrogens is 436 g/mol. The molecule has 0 amide bonds. The average molecular weight is 477 g/mol. The Morgan fingerprint density at radius 3 is 1.97 bits per heavy atom. The van der Waals surface area contributed by atoms with Gasteiger partial charge in [-0.1, -0.05) is 109 Å². The van der Waals surface area contributed by atoms with Crippen molar-refractivity contribution in [2.24, 2.45) is 0 Å². The predicted octanol–water partition coefficient (Wildman–Crippen LogP) is 7.18. The molecule has 1 aromatic carbocycles. The van der Waals surface area contributed by atoms with Crippen LogP contribution in [0, 0.1) is 0 Å². The minimum Gasteiger partial charge on any atom is -0.385 e. The van der Waals surface area contributed by atoms with E-state index in [9.17, 15) is 14.7 Å². The summed E-state index contributed by atoms with van der Waals surface area (Å²) in [5, 5.41) is 11.1. The van der Waals surface area contributed by atoms with Crippen LogP contribution in [0.3, 0.4) is 0 Å². The molecule has 1 N–H and O–H groups in total. The van der Waals surface area contributed by atoms with Crippen LogP contribution >= 0.6 is 11.6 Å². The Bertz CT molecular complexity index is 897. The lowest BCUT2D eigenvalue weighted by atomic mass is 10.0. The van der Waals surface area contributed by atoms with Crippen molar-refractivity contribution < 1.29 is 9.90 Å². The number of benzene rings is 1. The van der Waals surface area contributed by atoms with E-state index >= 15 is 0 Å². The lowest BCUT2D eigenvalue weighted by Gasteiger charge is -2.16. The molecule has 184 valence electrons. The number of nitrogens with zero attached hydrogens (tertiary/aromatic N) is 2. The van der Waals surface area contributed by atoms with E-state index in [-0.39, 0.29) is 11.7 Å². The molecular formula is C27H41ClN2O3. The number of para-hydroxylation sites is 1. The van der Waals surface area contributed by atoms with Gasteiger partial charge in [0, 0.05) is 0 Å². The van der Waals surface area contributed by atoms with Crippen LogP contribution in [0.4, 0.5) is 0 Å². The van der Waals surface area contributed by atoms with Gasteiger partial charge in [0.05, 0.1) is 10.9 Å². The number of hydrogen-bond donors (Lipinski definition) is 1. The quantitative estimate of drug-likeness (QED) is 0.194. The Balaban J connectivity index is 1.69. The molecule has 0 aliphatic carbocycles. The monoisotopic (exact) mass is 476 g/mol. The van der Waals surface area contributed by atoms with Gasteiger partial charge in [0.2, 0.25) is 5.91 Å². The number of carbonyl (C=O) groups is 1. The first-order valence-corrected chi connectivity index (χ1v) is 13.4. The van der Waals surface area contributed by atoms with Crippen molar-refractivity contribution in [2.75, 3.05) is 5.88 Å². The Labute approximate surface area is 203 Å². The Morgan fingerprint density at radius 2 is 1.42 bits per heavy atom. The van der Waals surface area contributed by atoms with E-state index < -0.39 is 17.6 Å². The number of rotatable bonds is 17. The highest BCUT2D eigenvalue weighted by Crippen LogP contribution is 2.21. The molecule has 2 rings (SSSR count). The second-order valence-corrected chi connectivity index (χ2v) is 9.32. The standard InChI is InChI=1S/C27H41ClN2O3/c1-2-3-4-5-6-7-8-9-10-11-12-13-14-15-20-24(31)26-29-23-19-17-16-18-22(23)27(33)30(26)25(32)21-28/h16-19,24,31H,2-15,20-21H2,1H3. The third kappa shape index (κ3) is 9.21. The van der Waals surface area contributed by atoms with Crippen LogP contribution in [0.5, 0.6) is 0 Å². The number of carbonyl (C=O) groups excluding carboxylic acids is 1. The van der Waals surface area contributed by atoms with Crippen LogP contribution in [0.2, 0.25) is 0 Å². The number of unbranched alkanes of at least 4 members (excludes halogenated alkanes) is 13. The number of halogens is 1. The van der Waals surface area contributed by atoms with Crippen LogP contribution in [-0.2, 0) is 0 Å². The van der Waals surface area contributed by atoms with Gasteiger partial charge in [0.15, 0.2) is 0 Å². The molecule has 2 aromatic rings. The molecule has 5 nitrogen and oxygen atoms in total. The average Bonchev–Trinajstić information content (AvgIpc) is 2.83. The molecule has 1 aromatic heterocycles. The summed E-state index contributed by atoms with van der Waals surface area (Å²) in [6.45, 7) is 2.26. The zero-order chi connectivity index (χ0) is 23.9. The number of alkyl halides is 1. The smallest absolute Gasteiger partial charge is 0.268 e. The fraction of sp³-hybridized carbons (Fsp3) is 0.667. The topological polar surface area (TPSA) is 72.2 Å². The van der Waals surface area contributed by atoms with Gasteiger partial charge in [-0.2, -0.15) is 0 Å². The first-order valence-electron chi connectivity index (χ1n) is 12.9. The first kappa shape index (κ1) is 27.5. The highest BCUT2D eigenvalue weighted by Gasteiger charge is 2.21. The first-order chi connectivity index (χ1) is 16.1. The van der Waals surface area contributed by atoms with Gasteiger partial charge in [-0.05, 0) is 18.6 Å². The Kier molecular flexibility index (Phi) is 13.3. The third-order valence-electron chi connectivity index (χ3n) is 6.29. The second kappa shape index (κ2) is 16.0. The SMILES string of the molecule is CCCCCCCCCCCCCCCCC(O)c1nc2ccccc2c(=O)n1C(=O)CCl. The summed E-state index contributed by atoms with van der Waals surface area (Å²) in [4.78, 5) is 29.5. The van der Waals surface area contributed by atoms with E-state index in [1.54, 1.807) is 24.3 Å². The normalized spacial score (nSPS) is 12.3. The summed E-state index contributed by atoms with van der Waals surface area (Å²) in [7, 11) is 0. The fourth-order valence-corrected chi connectivity index (χ4v) is 4.46. The summed E-state index contributed by atoms with van der Waals surface area (Å²) < 4.78 is 0.948. The van der Waals surface area contributed by atoms with Crippen molar-refractivity contribution in [1.82, 2.24) is 9.55 Å².